The minimum atomic E-state index is -0.0300. The van der Waals surface area contributed by atoms with Gasteiger partial charge in [0.05, 0.1) is 0 Å². The summed E-state index contributed by atoms with van der Waals surface area (Å²) < 4.78 is 0. The maximum absolute atomic E-state index is 12.1. The number of carbonyl (C=O) groups excluding carboxylic acids is 1. The maximum atomic E-state index is 12.1. The average Bonchev–Trinajstić information content (AvgIpc) is 2.43. The van der Waals surface area contributed by atoms with Gasteiger partial charge in [-0.2, -0.15) is 0 Å². The van der Waals surface area contributed by atoms with Gasteiger partial charge in [-0.25, -0.2) is 0 Å². The average molecular weight is 294 g/mol. The van der Waals surface area contributed by atoms with Gasteiger partial charge in [0.25, 0.3) is 5.91 Å². The predicted octanol–water partition coefficient (Wildman–Crippen LogP) is 3.43. The summed E-state index contributed by atoms with van der Waals surface area (Å²) in [4.78, 5) is 13.3. The van der Waals surface area contributed by atoms with E-state index in [2.05, 4.69) is 26.1 Å². The SMILES string of the molecule is CCCCC(CN)NC(=O)c1ccc(SC(C)C)cc1. The molecule has 0 aliphatic rings. The predicted molar refractivity (Wildman–Crippen MR) is 87.3 cm³/mol. The molecule has 3 N–H and O–H groups in total. The van der Waals surface area contributed by atoms with Gasteiger partial charge in [0.1, 0.15) is 0 Å². The first-order valence-corrected chi connectivity index (χ1v) is 8.22. The Labute approximate surface area is 126 Å². The summed E-state index contributed by atoms with van der Waals surface area (Å²) in [7, 11) is 0. The summed E-state index contributed by atoms with van der Waals surface area (Å²) in [6.45, 7) is 6.95. The van der Waals surface area contributed by atoms with Crippen molar-refractivity contribution in [2.45, 2.75) is 56.2 Å². The number of hydrogen-bond acceptors (Lipinski definition) is 3. The molecule has 0 bridgehead atoms. The van der Waals surface area contributed by atoms with Gasteiger partial charge in [0, 0.05) is 28.3 Å². The standard InChI is InChI=1S/C16H26N2OS/c1-4-5-6-14(11-17)18-16(19)13-7-9-15(10-8-13)20-12(2)3/h7-10,12,14H,4-6,11,17H2,1-3H3,(H,18,19). The molecule has 0 aliphatic carbocycles. The van der Waals surface area contributed by atoms with Crippen LogP contribution in [0.3, 0.4) is 0 Å². The van der Waals surface area contributed by atoms with Crippen molar-refractivity contribution in [1.82, 2.24) is 5.32 Å². The Bertz CT molecular complexity index is 403. The Morgan fingerprint density at radius 1 is 1.30 bits per heavy atom. The highest BCUT2D eigenvalue weighted by Gasteiger charge is 2.12. The Morgan fingerprint density at radius 3 is 2.45 bits per heavy atom. The molecule has 1 rings (SSSR count). The van der Waals surface area contributed by atoms with Gasteiger partial charge in [0.2, 0.25) is 0 Å². The summed E-state index contributed by atoms with van der Waals surface area (Å²) >= 11 is 1.80. The van der Waals surface area contributed by atoms with Gasteiger partial charge >= 0.3 is 0 Å². The first-order valence-electron chi connectivity index (χ1n) is 7.34. The minimum absolute atomic E-state index is 0.0300. The van der Waals surface area contributed by atoms with Crippen LogP contribution in [0.2, 0.25) is 0 Å². The quantitative estimate of drug-likeness (QED) is 0.722. The zero-order valence-electron chi connectivity index (χ0n) is 12.7. The van der Waals surface area contributed by atoms with Crippen molar-refractivity contribution in [2.75, 3.05) is 6.54 Å². The first-order chi connectivity index (χ1) is 9.56. The fraction of sp³-hybridized carbons (Fsp3) is 0.562. The Morgan fingerprint density at radius 2 is 1.95 bits per heavy atom. The zero-order chi connectivity index (χ0) is 15.0. The molecule has 112 valence electrons. The lowest BCUT2D eigenvalue weighted by Crippen LogP contribution is -2.40. The van der Waals surface area contributed by atoms with Gasteiger partial charge in [-0.1, -0.05) is 33.6 Å². The van der Waals surface area contributed by atoms with E-state index in [1.165, 1.54) is 4.90 Å². The number of benzene rings is 1. The second-order valence-electron chi connectivity index (χ2n) is 5.24. The Balaban J connectivity index is 2.58. The Kier molecular flexibility index (Phi) is 7.70. The smallest absolute Gasteiger partial charge is 0.251 e. The number of amides is 1. The van der Waals surface area contributed by atoms with Crippen LogP contribution in [0.1, 0.15) is 50.4 Å². The molecular formula is C16H26N2OS. The second-order valence-corrected chi connectivity index (χ2v) is 6.89. The lowest BCUT2D eigenvalue weighted by Gasteiger charge is -2.16. The van der Waals surface area contributed by atoms with E-state index in [9.17, 15) is 4.79 Å². The third-order valence-corrected chi connectivity index (χ3v) is 4.03. The van der Waals surface area contributed by atoms with E-state index in [1.54, 1.807) is 11.8 Å². The summed E-state index contributed by atoms with van der Waals surface area (Å²) in [5.74, 6) is -0.0300. The van der Waals surface area contributed by atoms with Crippen LogP contribution in [0, 0.1) is 0 Å². The molecule has 0 aromatic heterocycles. The van der Waals surface area contributed by atoms with Gasteiger partial charge in [-0.3, -0.25) is 4.79 Å². The number of rotatable bonds is 8. The molecule has 0 radical (unpaired) electrons. The van der Waals surface area contributed by atoms with Crippen molar-refractivity contribution < 1.29 is 4.79 Å². The van der Waals surface area contributed by atoms with Gasteiger partial charge in [0.15, 0.2) is 0 Å². The number of thioether (sulfide) groups is 1. The lowest BCUT2D eigenvalue weighted by molar-refractivity contribution is 0.0935. The third-order valence-electron chi connectivity index (χ3n) is 3.01. The molecule has 0 spiro atoms. The molecule has 0 saturated heterocycles. The fourth-order valence-corrected chi connectivity index (χ4v) is 2.76. The number of unbranched alkanes of at least 4 members (excludes halogenated alkanes) is 1. The van der Waals surface area contributed by atoms with Crippen LogP contribution in [-0.4, -0.2) is 23.7 Å². The van der Waals surface area contributed by atoms with Crippen molar-refractivity contribution in [3.8, 4) is 0 Å². The topological polar surface area (TPSA) is 55.1 Å². The number of nitrogens with one attached hydrogen (secondary N) is 1. The van der Waals surface area contributed by atoms with Crippen LogP contribution in [0.4, 0.5) is 0 Å². The molecule has 4 heteroatoms. The monoisotopic (exact) mass is 294 g/mol. The van der Waals surface area contributed by atoms with Crippen LogP contribution >= 0.6 is 11.8 Å². The maximum Gasteiger partial charge on any atom is 0.251 e. The van der Waals surface area contributed by atoms with E-state index in [-0.39, 0.29) is 11.9 Å². The van der Waals surface area contributed by atoms with E-state index in [1.807, 2.05) is 24.3 Å². The normalized spacial score (nSPS) is 12.4. The molecule has 1 aromatic rings. The van der Waals surface area contributed by atoms with Gasteiger partial charge in [-0.05, 0) is 30.7 Å². The molecule has 0 saturated carbocycles. The molecule has 0 aliphatic heterocycles. The molecule has 0 heterocycles. The van der Waals surface area contributed by atoms with Crippen LogP contribution in [-0.2, 0) is 0 Å². The molecule has 1 atom stereocenters. The largest absolute Gasteiger partial charge is 0.348 e. The van der Waals surface area contributed by atoms with Crippen LogP contribution in [0.5, 0.6) is 0 Å². The molecule has 0 fully saturated rings. The lowest BCUT2D eigenvalue weighted by atomic mass is 10.1. The van der Waals surface area contributed by atoms with Crippen LogP contribution < -0.4 is 11.1 Å². The summed E-state index contributed by atoms with van der Waals surface area (Å²) in [6, 6.07) is 7.85. The molecule has 20 heavy (non-hydrogen) atoms. The molecular weight excluding hydrogens is 268 g/mol. The first kappa shape index (κ1) is 17.1. The van der Waals surface area contributed by atoms with Gasteiger partial charge in [-0.15, -0.1) is 11.8 Å². The van der Waals surface area contributed by atoms with Crippen molar-refractivity contribution >= 4 is 17.7 Å². The van der Waals surface area contributed by atoms with E-state index in [0.717, 1.165) is 19.3 Å². The highest BCUT2D eigenvalue weighted by Crippen LogP contribution is 2.22. The highest BCUT2D eigenvalue weighted by atomic mass is 32.2. The van der Waals surface area contributed by atoms with Crippen LogP contribution in [0.25, 0.3) is 0 Å². The number of carbonyl (C=O) groups is 1. The molecule has 3 nitrogen and oxygen atoms in total. The second kappa shape index (κ2) is 9.03. The number of nitrogens with two attached hydrogens (primary N) is 1. The molecule has 1 aromatic carbocycles. The molecule has 1 amide bonds. The van der Waals surface area contributed by atoms with Gasteiger partial charge < -0.3 is 11.1 Å². The van der Waals surface area contributed by atoms with E-state index in [0.29, 0.717) is 17.4 Å². The highest BCUT2D eigenvalue weighted by molar-refractivity contribution is 7.99. The fourth-order valence-electron chi connectivity index (χ4n) is 1.93. The summed E-state index contributed by atoms with van der Waals surface area (Å²) in [6.07, 6.45) is 3.15. The van der Waals surface area contributed by atoms with Crippen LogP contribution in [0.15, 0.2) is 29.2 Å². The van der Waals surface area contributed by atoms with E-state index >= 15 is 0 Å². The van der Waals surface area contributed by atoms with E-state index in [4.69, 9.17) is 5.73 Å². The van der Waals surface area contributed by atoms with Crippen molar-refractivity contribution in [3.63, 3.8) is 0 Å². The summed E-state index contributed by atoms with van der Waals surface area (Å²) in [5.41, 5.74) is 6.40. The zero-order valence-corrected chi connectivity index (χ0v) is 13.5. The third kappa shape index (κ3) is 5.97. The Hall–Kier alpha value is -1.00. The summed E-state index contributed by atoms with van der Waals surface area (Å²) in [5, 5.41) is 3.55. The van der Waals surface area contributed by atoms with E-state index < -0.39 is 0 Å². The number of hydrogen-bond donors (Lipinski definition) is 2. The van der Waals surface area contributed by atoms with Crippen molar-refractivity contribution in [2.24, 2.45) is 5.73 Å². The molecule has 1 unspecified atom stereocenters. The van der Waals surface area contributed by atoms with Crippen molar-refractivity contribution in [3.05, 3.63) is 29.8 Å². The van der Waals surface area contributed by atoms with Crippen molar-refractivity contribution in [1.29, 1.82) is 0 Å². The minimum Gasteiger partial charge on any atom is -0.348 e.